The molecule has 4 bridgehead atoms. The van der Waals surface area contributed by atoms with Gasteiger partial charge < -0.3 is 0 Å². The van der Waals surface area contributed by atoms with Crippen molar-refractivity contribution in [2.45, 2.75) is 43.9 Å². The van der Waals surface area contributed by atoms with Crippen LogP contribution in [0.1, 0.15) is 44.1 Å². The Hall–Kier alpha value is -0.850. The van der Waals surface area contributed by atoms with E-state index in [1.54, 1.807) is 0 Å². The molecule has 83 valence electrons. The molecule has 4 aliphatic carbocycles. The van der Waals surface area contributed by atoms with Gasteiger partial charge in [0, 0.05) is 6.20 Å². The zero-order valence-corrected chi connectivity index (χ0v) is 9.65. The van der Waals surface area contributed by atoms with Crippen LogP contribution in [0.15, 0.2) is 18.3 Å². The van der Waals surface area contributed by atoms with Crippen molar-refractivity contribution in [1.82, 2.24) is 4.98 Å². The number of pyridine rings is 1. The van der Waals surface area contributed by atoms with Gasteiger partial charge in [0.1, 0.15) is 0 Å². The highest BCUT2D eigenvalue weighted by Gasteiger charge is 2.51. The number of hydrogen-bond donors (Lipinski definition) is 0. The molecule has 1 aromatic rings. The summed E-state index contributed by atoms with van der Waals surface area (Å²) in [5.41, 5.74) is 1.89. The first-order valence-corrected chi connectivity index (χ1v) is 6.67. The Balaban J connectivity index is 1.77. The van der Waals surface area contributed by atoms with Crippen molar-refractivity contribution < 1.29 is 0 Å². The van der Waals surface area contributed by atoms with Crippen LogP contribution in [-0.4, -0.2) is 4.98 Å². The van der Waals surface area contributed by atoms with Crippen LogP contribution in [0.25, 0.3) is 0 Å². The quantitative estimate of drug-likeness (QED) is 0.695. The monoisotopic (exact) mass is 212 g/mol. The number of hydrogen-bond acceptors (Lipinski definition) is 1. The van der Waals surface area contributed by atoms with Gasteiger partial charge in [-0.15, -0.1) is 0 Å². The molecule has 1 radical (unpaired) electrons. The first-order valence-electron chi connectivity index (χ1n) is 6.67. The summed E-state index contributed by atoms with van der Waals surface area (Å²) in [7, 11) is 0. The summed E-state index contributed by atoms with van der Waals surface area (Å²) in [6.07, 6.45) is 13.9. The van der Waals surface area contributed by atoms with Crippen LogP contribution >= 0.6 is 0 Å². The summed E-state index contributed by atoms with van der Waals surface area (Å²) >= 11 is 0. The maximum Gasteiger partial charge on any atom is 0.0926 e. The predicted octanol–water partition coefficient (Wildman–Crippen LogP) is 3.35. The van der Waals surface area contributed by atoms with Crippen molar-refractivity contribution in [3.63, 3.8) is 0 Å². The second-order valence-corrected chi connectivity index (χ2v) is 6.36. The first kappa shape index (κ1) is 9.21. The van der Waals surface area contributed by atoms with Crippen LogP contribution in [0.2, 0.25) is 0 Å². The third kappa shape index (κ3) is 1.20. The van der Waals surface area contributed by atoms with E-state index in [2.05, 4.69) is 23.3 Å². The largest absolute Gasteiger partial charge is 0.254 e. The topological polar surface area (TPSA) is 12.9 Å². The second kappa shape index (κ2) is 3.09. The fourth-order valence-corrected chi connectivity index (χ4v) is 5.06. The van der Waals surface area contributed by atoms with Gasteiger partial charge in [-0.1, -0.05) is 6.07 Å². The average molecular weight is 212 g/mol. The van der Waals surface area contributed by atoms with Gasteiger partial charge in [0.25, 0.3) is 0 Å². The average Bonchev–Trinajstić information content (AvgIpc) is 2.28. The lowest BCUT2D eigenvalue weighted by atomic mass is 9.48. The molecule has 1 heterocycles. The summed E-state index contributed by atoms with van der Waals surface area (Å²) in [4.78, 5) is 4.22. The Morgan fingerprint density at radius 3 is 2.19 bits per heavy atom. The lowest BCUT2D eigenvalue weighted by molar-refractivity contribution is -0.00546. The molecule has 0 N–H and O–H groups in total. The van der Waals surface area contributed by atoms with Crippen LogP contribution in [-0.2, 0) is 5.41 Å². The second-order valence-electron chi connectivity index (χ2n) is 6.36. The van der Waals surface area contributed by atoms with Crippen molar-refractivity contribution in [3.8, 4) is 0 Å². The molecule has 0 aromatic carbocycles. The predicted molar refractivity (Wildman–Crippen MR) is 62.9 cm³/mol. The SMILES string of the molecule is [c]1ncccc1C12CC3CC(CC(C3)C1)C2. The minimum Gasteiger partial charge on any atom is -0.254 e. The van der Waals surface area contributed by atoms with E-state index in [9.17, 15) is 0 Å². The van der Waals surface area contributed by atoms with Gasteiger partial charge in [0.2, 0.25) is 0 Å². The van der Waals surface area contributed by atoms with Gasteiger partial charge in [-0.25, -0.2) is 0 Å². The van der Waals surface area contributed by atoms with Gasteiger partial charge in [-0.05, 0) is 73.3 Å². The van der Waals surface area contributed by atoms with E-state index in [4.69, 9.17) is 0 Å². The molecule has 0 atom stereocenters. The Morgan fingerprint density at radius 2 is 1.69 bits per heavy atom. The maximum atomic E-state index is 4.22. The molecule has 1 heteroatoms. The molecule has 0 saturated heterocycles. The molecule has 1 nitrogen and oxygen atoms in total. The maximum absolute atomic E-state index is 4.22. The van der Waals surface area contributed by atoms with E-state index < -0.39 is 0 Å². The standard InChI is InChI=1S/C15H18N/c1-2-14(10-16-3-1)15-7-11-4-12(8-15)6-13(5-11)9-15/h1-3,11-13H,4-9H2. The van der Waals surface area contributed by atoms with E-state index in [0.717, 1.165) is 17.8 Å². The Labute approximate surface area is 97.3 Å². The molecule has 4 aliphatic rings. The summed E-state index contributed by atoms with van der Waals surface area (Å²) in [6, 6.07) is 4.35. The van der Waals surface area contributed by atoms with E-state index >= 15 is 0 Å². The fourth-order valence-electron chi connectivity index (χ4n) is 5.06. The van der Waals surface area contributed by atoms with Crippen molar-refractivity contribution in [3.05, 3.63) is 30.1 Å². The molecule has 5 rings (SSSR count). The van der Waals surface area contributed by atoms with Crippen LogP contribution in [0.5, 0.6) is 0 Å². The molecule has 1 aromatic heterocycles. The lowest BCUT2D eigenvalue weighted by Gasteiger charge is -2.56. The molecular weight excluding hydrogens is 194 g/mol. The molecule has 16 heavy (non-hydrogen) atoms. The molecule has 0 spiro atoms. The zero-order valence-electron chi connectivity index (χ0n) is 9.65. The normalized spacial score (nSPS) is 44.9. The van der Waals surface area contributed by atoms with Gasteiger partial charge in [-0.3, -0.25) is 4.98 Å². The molecule has 4 saturated carbocycles. The minimum atomic E-state index is 0.475. The van der Waals surface area contributed by atoms with Crippen LogP contribution in [0.4, 0.5) is 0 Å². The number of rotatable bonds is 1. The smallest absolute Gasteiger partial charge is 0.0926 e. The first-order chi connectivity index (χ1) is 7.84. The molecule has 0 amide bonds. The van der Waals surface area contributed by atoms with E-state index in [1.165, 1.54) is 44.1 Å². The summed E-state index contributed by atoms with van der Waals surface area (Å²) in [6.45, 7) is 0. The summed E-state index contributed by atoms with van der Waals surface area (Å²) in [5, 5.41) is 0. The van der Waals surface area contributed by atoms with Crippen LogP contribution in [0.3, 0.4) is 0 Å². The Bertz CT molecular complexity index is 360. The minimum absolute atomic E-state index is 0.475. The number of aromatic nitrogens is 1. The Morgan fingerprint density at radius 1 is 1.06 bits per heavy atom. The van der Waals surface area contributed by atoms with Gasteiger partial charge >= 0.3 is 0 Å². The molecule has 0 aliphatic heterocycles. The van der Waals surface area contributed by atoms with Crippen LogP contribution in [0, 0.1) is 24.0 Å². The third-order valence-corrected chi connectivity index (χ3v) is 5.22. The molecule has 4 fully saturated rings. The van der Waals surface area contributed by atoms with E-state index in [-0.39, 0.29) is 0 Å². The summed E-state index contributed by atoms with van der Waals surface area (Å²) < 4.78 is 0. The highest BCUT2D eigenvalue weighted by atomic mass is 14.6. The molecular formula is C15H18N. The van der Waals surface area contributed by atoms with Crippen LogP contribution < -0.4 is 0 Å². The molecule has 0 unspecified atom stereocenters. The number of nitrogens with zero attached hydrogens (tertiary/aromatic N) is 1. The fraction of sp³-hybridized carbons (Fsp3) is 0.667. The third-order valence-electron chi connectivity index (χ3n) is 5.22. The van der Waals surface area contributed by atoms with Crippen molar-refractivity contribution in [1.29, 1.82) is 0 Å². The summed E-state index contributed by atoms with van der Waals surface area (Å²) in [5.74, 6) is 3.04. The van der Waals surface area contributed by atoms with E-state index in [0.29, 0.717) is 5.41 Å². The van der Waals surface area contributed by atoms with Gasteiger partial charge in [-0.2, -0.15) is 0 Å². The highest BCUT2D eigenvalue weighted by molar-refractivity contribution is 5.25. The zero-order chi connectivity index (χ0) is 10.6. The Kier molecular flexibility index (Phi) is 1.78. The highest BCUT2D eigenvalue weighted by Crippen LogP contribution is 2.60. The van der Waals surface area contributed by atoms with Crippen molar-refractivity contribution in [2.24, 2.45) is 17.8 Å². The van der Waals surface area contributed by atoms with Gasteiger partial charge in [0.15, 0.2) is 0 Å². The van der Waals surface area contributed by atoms with E-state index in [1.807, 2.05) is 6.20 Å². The van der Waals surface area contributed by atoms with Gasteiger partial charge in [0.05, 0.1) is 6.20 Å². The van der Waals surface area contributed by atoms with Crippen molar-refractivity contribution in [2.75, 3.05) is 0 Å². The lowest BCUT2D eigenvalue weighted by Crippen LogP contribution is -2.48. The van der Waals surface area contributed by atoms with Crippen molar-refractivity contribution >= 4 is 0 Å².